The molecule has 1 aromatic carbocycles. The van der Waals surface area contributed by atoms with Crippen molar-refractivity contribution in [1.82, 2.24) is 5.32 Å². The van der Waals surface area contributed by atoms with Crippen LogP contribution in [0.25, 0.3) is 0 Å². The largest absolute Gasteiger partial charge is 0.480 e. The van der Waals surface area contributed by atoms with E-state index in [-0.39, 0.29) is 6.04 Å². The molecule has 0 aliphatic rings. The molecular weight excluding hydrogens is 209 g/mol. The molecule has 2 N–H and O–H groups in total. The van der Waals surface area contributed by atoms with Gasteiger partial charge in [-0.05, 0) is 31.0 Å². The van der Waals surface area contributed by atoms with Crippen LogP contribution in [0.2, 0.25) is 0 Å². The summed E-state index contributed by atoms with van der Waals surface area (Å²) >= 11 is 0. The molecule has 0 spiro atoms. The smallest absolute Gasteiger partial charge is 0.325 e. The lowest BCUT2D eigenvalue weighted by Gasteiger charge is -2.19. The van der Waals surface area contributed by atoms with E-state index in [4.69, 9.17) is 5.11 Å². The first-order chi connectivity index (χ1) is 7.54. The van der Waals surface area contributed by atoms with Crippen LogP contribution in [-0.2, 0) is 4.79 Å². The third-order valence-electron chi connectivity index (χ3n) is 2.49. The van der Waals surface area contributed by atoms with Crippen molar-refractivity contribution >= 4 is 5.97 Å². The summed E-state index contributed by atoms with van der Waals surface area (Å²) in [4.78, 5) is 11.1. The molecule has 0 amide bonds. The summed E-state index contributed by atoms with van der Waals surface area (Å²) in [5, 5.41) is 12.0. The molecular formula is C12H16FNO2. The number of carboxylic acid groups (broad SMARTS) is 1. The second kappa shape index (κ2) is 5.61. The Balaban J connectivity index is 2.89. The minimum Gasteiger partial charge on any atom is -0.480 e. The standard InChI is InChI=1S/C12H16FNO2/c1-3-8(2)14-11(12(15)16)9-5-4-6-10(13)7-9/h4-8,11,14H,3H2,1-2H3,(H,15,16). The zero-order valence-corrected chi connectivity index (χ0v) is 9.40. The zero-order chi connectivity index (χ0) is 12.1. The predicted octanol–water partition coefficient (Wildman–Crippen LogP) is 2.34. The number of carbonyl (C=O) groups is 1. The first-order valence-corrected chi connectivity index (χ1v) is 5.29. The minimum absolute atomic E-state index is 0.0735. The Bertz CT molecular complexity index is 368. The maximum atomic E-state index is 13.0. The van der Waals surface area contributed by atoms with E-state index < -0.39 is 17.8 Å². The summed E-state index contributed by atoms with van der Waals surface area (Å²) in [6.07, 6.45) is 0.819. The second-order valence-electron chi connectivity index (χ2n) is 3.80. The van der Waals surface area contributed by atoms with Crippen LogP contribution < -0.4 is 5.32 Å². The van der Waals surface area contributed by atoms with E-state index in [0.717, 1.165) is 6.42 Å². The fourth-order valence-corrected chi connectivity index (χ4v) is 1.40. The van der Waals surface area contributed by atoms with E-state index in [2.05, 4.69) is 5.32 Å². The van der Waals surface area contributed by atoms with E-state index in [1.54, 1.807) is 6.07 Å². The molecule has 0 saturated carbocycles. The molecule has 0 bridgehead atoms. The fraction of sp³-hybridized carbons (Fsp3) is 0.417. The van der Waals surface area contributed by atoms with E-state index in [0.29, 0.717) is 5.56 Å². The molecule has 16 heavy (non-hydrogen) atoms. The Labute approximate surface area is 94.3 Å². The highest BCUT2D eigenvalue weighted by atomic mass is 19.1. The van der Waals surface area contributed by atoms with Gasteiger partial charge >= 0.3 is 5.97 Å². The normalized spacial score (nSPS) is 14.4. The number of nitrogens with one attached hydrogen (secondary N) is 1. The maximum Gasteiger partial charge on any atom is 0.325 e. The molecule has 0 aliphatic heterocycles. The number of halogens is 1. The molecule has 1 aromatic rings. The van der Waals surface area contributed by atoms with E-state index in [9.17, 15) is 9.18 Å². The van der Waals surface area contributed by atoms with Gasteiger partial charge in [0.1, 0.15) is 11.9 Å². The van der Waals surface area contributed by atoms with Crippen molar-refractivity contribution in [2.45, 2.75) is 32.4 Å². The summed E-state index contributed by atoms with van der Waals surface area (Å²) in [7, 11) is 0. The molecule has 0 radical (unpaired) electrons. The van der Waals surface area contributed by atoms with Crippen LogP contribution in [0.3, 0.4) is 0 Å². The third-order valence-corrected chi connectivity index (χ3v) is 2.49. The third kappa shape index (κ3) is 3.31. The molecule has 88 valence electrons. The monoisotopic (exact) mass is 225 g/mol. The average Bonchev–Trinajstić information content (AvgIpc) is 2.25. The zero-order valence-electron chi connectivity index (χ0n) is 9.40. The SMILES string of the molecule is CCC(C)NC(C(=O)O)c1cccc(F)c1. The topological polar surface area (TPSA) is 49.3 Å². The number of rotatable bonds is 5. The van der Waals surface area contributed by atoms with Crippen LogP contribution in [0.15, 0.2) is 24.3 Å². The maximum absolute atomic E-state index is 13.0. The van der Waals surface area contributed by atoms with Crippen molar-refractivity contribution in [3.05, 3.63) is 35.6 Å². The molecule has 2 unspecified atom stereocenters. The van der Waals surface area contributed by atoms with Gasteiger partial charge < -0.3 is 5.11 Å². The summed E-state index contributed by atoms with van der Waals surface area (Å²) in [5.74, 6) is -1.42. The van der Waals surface area contributed by atoms with E-state index >= 15 is 0 Å². The van der Waals surface area contributed by atoms with Gasteiger partial charge in [-0.25, -0.2) is 4.39 Å². The lowest BCUT2D eigenvalue weighted by atomic mass is 10.1. The molecule has 0 aliphatic carbocycles. The summed E-state index contributed by atoms with van der Waals surface area (Å²) in [6.45, 7) is 3.86. The summed E-state index contributed by atoms with van der Waals surface area (Å²) in [5.41, 5.74) is 0.438. The highest BCUT2D eigenvalue weighted by molar-refractivity contribution is 5.75. The Morgan fingerprint density at radius 3 is 2.75 bits per heavy atom. The molecule has 0 aromatic heterocycles. The van der Waals surface area contributed by atoms with Crippen LogP contribution in [0, 0.1) is 5.82 Å². The molecule has 1 rings (SSSR count). The van der Waals surface area contributed by atoms with Gasteiger partial charge in [0.15, 0.2) is 0 Å². The highest BCUT2D eigenvalue weighted by Gasteiger charge is 2.21. The number of aliphatic carboxylic acids is 1. The van der Waals surface area contributed by atoms with Crippen molar-refractivity contribution in [2.24, 2.45) is 0 Å². The van der Waals surface area contributed by atoms with Crippen molar-refractivity contribution < 1.29 is 14.3 Å². The fourth-order valence-electron chi connectivity index (χ4n) is 1.40. The molecule has 2 atom stereocenters. The van der Waals surface area contributed by atoms with Crippen molar-refractivity contribution in [3.8, 4) is 0 Å². The van der Waals surface area contributed by atoms with Crippen molar-refractivity contribution in [2.75, 3.05) is 0 Å². The Kier molecular flexibility index (Phi) is 4.43. The number of carboxylic acids is 1. The number of benzene rings is 1. The van der Waals surface area contributed by atoms with Gasteiger partial charge in [0.25, 0.3) is 0 Å². The van der Waals surface area contributed by atoms with Gasteiger partial charge in [-0.3, -0.25) is 10.1 Å². The number of hydrogen-bond acceptors (Lipinski definition) is 2. The van der Waals surface area contributed by atoms with Crippen LogP contribution >= 0.6 is 0 Å². The van der Waals surface area contributed by atoms with Crippen molar-refractivity contribution in [3.63, 3.8) is 0 Å². The van der Waals surface area contributed by atoms with E-state index in [1.807, 2.05) is 13.8 Å². The molecule has 0 heterocycles. The lowest BCUT2D eigenvalue weighted by Crippen LogP contribution is -2.34. The van der Waals surface area contributed by atoms with Gasteiger partial charge in [-0.15, -0.1) is 0 Å². The van der Waals surface area contributed by atoms with Gasteiger partial charge in [0, 0.05) is 6.04 Å². The predicted molar refractivity (Wildman–Crippen MR) is 59.7 cm³/mol. The first-order valence-electron chi connectivity index (χ1n) is 5.29. The molecule has 4 heteroatoms. The minimum atomic E-state index is -0.995. The Morgan fingerprint density at radius 2 is 2.25 bits per heavy atom. The van der Waals surface area contributed by atoms with Gasteiger partial charge in [0.2, 0.25) is 0 Å². The molecule has 0 saturated heterocycles. The van der Waals surface area contributed by atoms with Crippen LogP contribution in [0.1, 0.15) is 31.9 Å². The Hall–Kier alpha value is -1.42. The van der Waals surface area contributed by atoms with Crippen molar-refractivity contribution in [1.29, 1.82) is 0 Å². The second-order valence-corrected chi connectivity index (χ2v) is 3.80. The summed E-state index contributed by atoms with van der Waals surface area (Å²) < 4.78 is 13.0. The van der Waals surface area contributed by atoms with Gasteiger partial charge in [0.05, 0.1) is 0 Å². The molecule has 0 fully saturated rings. The van der Waals surface area contributed by atoms with E-state index in [1.165, 1.54) is 18.2 Å². The first kappa shape index (κ1) is 12.6. The average molecular weight is 225 g/mol. The summed E-state index contributed by atoms with van der Waals surface area (Å²) in [6, 6.07) is 4.88. The Morgan fingerprint density at radius 1 is 1.56 bits per heavy atom. The number of hydrogen-bond donors (Lipinski definition) is 2. The van der Waals surface area contributed by atoms with Crippen LogP contribution in [-0.4, -0.2) is 17.1 Å². The lowest BCUT2D eigenvalue weighted by molar-refractivity contribution is -0.139. The van der Waals surface area contributed by atoms with Gasteiger partial charge in [-0.1, -0.05) is 19.1 Å². The van der Waals surface area contributed by atoms with Crippen LogP contribution in [0.4, 0.5) is 4.39 Å². The van der Waals surface area contributed by atoms with Crippen LogP contribution in [0.5, 0.6) is 0 Å². The van der Waals surface area contributed by atoms with Gasteiger partial charge in [-0.2, -0.15) is 0 Å². The highest BCUT2D eigenvalue weighted by Crippen LogP contribution is 2.15. The quantitative estimate of drug-likeness (QED) is 0.808. The molecule has 3 nitrogen and oxygen atoms in total.